The van der Waals surface area contributed by atoms with E-state index in [1.165, 1.54) is 5.52 Å². The van der Waals surface area contributed by atoms with Crippen LogP contribution in [-0.2, 0) is 18.4 Å². The molecule has 1 saturated heterocycles. The predicted octanol–water partition coefficient (Wildman–Crippen LogP) is 4.87. The first kappa shape index (κ1) is 21.7. The second kappa shape index (κ2) is 9.71. The van der Waals surface area contributed by atoms with Crippen LogP contribution in [0.25, 0.3) is 11.0 Å². The van der Waals surface area contributed by atoms with E-state index in [-0.39, 0.29) is 5.91 Å². The van der Waals surface area contributed by atoms with E-state index in [0.29, 0.717) is 28.8 Å². The van der Waals surface area contributed by atoms with Crippen LogP contribution in [0.1, 0.15) is 31.5 Å². The van der Waals surface area contributed by atoms with Crippen molar-refractivity contribution < 1.29 is 9.53 Å². The van der Waals surface area contributed by atoms with Gasteiger partial charge in [-0.15, -0.1) is 0 Å². The third kappa shape index (κ3) is 5.20. The van der Waals surface area contributed by atoms with Gasteiger partial charge in [0.15, 0.2) is 0 Å². The molecule has 6 nitrogen and oxygen atoms in total. The Morgan fingerprint density at radius 1 is 1.29 bits per heavy atom. The molecule has 31 heavy (non-hydrogen) atoms. The lowest BCUT2D eigenvalue weighted by Crippen LogP contribution is -2.36. The van der Waals surface area contributed by atoms with E-state index in [1.807, 2.05) is 6.07 Å². The summed E-state index contributed by atoms with van der Waals surface area (Å²) in [6.45, 7) is 2.91. The largest absolute Gasteiger partial charge is 0.495 e. The highest BCUT2D eigenvalue weighted by atomic mass is 35.5. The van der Waals surface area contributed by atoms with Gasteiger partial charge in [-0.1, -0.05) is 23.7 Å². The Bertz CT molecular complexity index is 1060. The Hall–Kier alpha value is -2.57. The van der Waals surface area contributed by atoms with Gasteiger partial charge >= 0.3 is 0 Å². The minimum Gasteiger partial charge on any atom is -0.495 e. The third-order valence-corrected chi connectivity index (χ3v) is 6.30. The number of hydrogen-bond acceptors (Lipinski definition) is 4. The quantitative estimate of drug-likeness (QED) is 0.569. The zero-order valence-corrected chi connectivity index (χ0v) is 18.9. The third-order valence-electron chi connectivity index (χ3n) is 6.06. The van der Waals surface area contributed by atoms with Crippen LogP contribution in [0.4, 0.5) is 5.69 Å². The van der Waals surface area contributed by atoms with Gasteiger partial charge in [-0.25, -0.2) is 4.98 Å². The lowest BCUT2D eigenvalue weighted by atomic mass is 9.93. The lowest BCUT2D eigenvalue weighted by Gasteiger charge is -2.32. The highest BCUT2D eigenvalue weighted by Crippen LogP contribution is 2.28. The topological polar surface area (TPSA) is 59.4 Å². The Morgan fingerprint density at radius 3 is 2.94 bits per heavy atom. The molecule has 0 radical (unpaired) electrons. The number of ether oxygens (including phenoxy) is 1. The molecule has 4 rings (SSSR count). The van der Waals surface area contributed by atoms with Crippen LogP contribution in [0.15, 0.2) is 42.5 Å². The molecule has 1 unspecified atom stereocenters. The Morgan fingerprint density at radius 2 is 2.13 bits per heavy atom. The second-order valence-corrected chi connectivity index (χ2v) is 8.69. The number of amides is 1. The van der Waals surface area contributed by atoms with E-state index >= 15 is 0 Å². The van der Waals surface area contributed by atoms with E-state index in [2.05, 4.69) is 40.0 Å². The van der Waals surface area contributed by atoms with Crippen LogP contribution in [0, 0.1) is 5.92 Å². The summed E-state index contributed by atoms with van der Waals surface area (Å²) in [7, 11) is 3.67. The van der Waals surface area contributed by atoms with E-state index < -0.39 is 0 Å². The van der Waals surface area contributed by atoms with Gasteiger partial charge in [0.1, 0.15) is 11.6 Å². The molecule has 164 valence electrons. The lowest BCUT2D eigenvalue weighted by molar-refractivity contribution is -0.116. The zero-order valence-electron chi connectivity index (χ0n) is 18.1. The number of carbonyl (C=O) groups excluding carboxylic acids is 1. The average Bonchev–Trinajstić information content (AvgIpc) is 3.08. The van der Waals surface area contributed by atoms with Gasteiger partial charge in [-0.2, -0.15) is 0 Å². The zero-order chi connectivity index (χ0) is 21.8. The molecule has 1 aromatic heterocycles. The van der Waals surface area contributed by atoms with Gasteiger partial charge in [-0.3, -0.25) is 9.69 Å². The highest BCUT2D eigenvalue weighted by molar-refractivity contribution is 6.31. The van der Waals surface area contributed by atoms with E-state index in [0.717, 1.165) is 50.2 Å². The number of hydrogen-bond donors (Lipinski definition) is 1. The number of piperidine rings is 1. The summed E-state index contributed by atoms with van der Waals surface area (Å²) < 4.78 is 7.50. The first-order chi connectivity index (χ1) is 15.0. The number of aryl methyl sites for hydroxylation is 1. The molecule has 2 aromatic carbocycles. The molecule has 1 aliphatic heterocycles. The molecule has 1 N–H and O–H groups in total. The molecule has 1 atom stereocenters. The van der Waals surface area contributed by atoms with Crippen molar-refractivity contribution in [3.05, 3.63) is 53.3 Å². The van der Waals surface area contributed by atoms with Gasteiger partial charge in [0.25, 0.3) is 0 Å². The molecule has 1 fully saturated rings. The Kier molecular flexibility index (Phi) is 6.78. The number of carbonyl (C=O) groups is 1. The van der Waals surface area contributed by atoms with Crippen molar-refractivity contribution in [2.45, 2.75) is 32.2 Å². The van der Waals surface area contributed by atoms with Gasteiger partial charge in [0.2, 0.25) is 5.91 Å². The molecule has 7 heteroatoms. The maximum Gasteiger partial charge on any atom is 0.224 e. The highest BCUT2D eigenvalue weighted by Gasteiger charge is 2.22. The van der Waals surface area contributed by atoms with Gasteiger partial charge in [0, 0.05) is 25.0 Å². The number of likely N-dealkylation sites (tertiary alicyclic amines) is 1. The number of anilines is 1. The normalized spacial score (nSPS) is 17.1. The van der Waals surface area contributed by atoms with Crippen molar-refractivity contribution in [3.8, 4) is 5.75 Å². The van der Waals surface area contributed by atoms with Gasteiger partial charge in [-0.05, 0) is 62.1 Å². The van der Waals surface area contributed by atoms with Crippen LogP contribution < -0.4 is 10.1 Å². The monoisotopic (exact) mass is 440 g/mol. The van der Waals surface area contributed by atoms with Gasteiger partial charge < -0.3 is 14.6 Å². The smallest absolute Gasteiger partial charge is 0.224 e. The van der Waals surface area contributed by atoms with Crippen molar-refractivity contribution in [1.82, 2.24) is 14.5 Å². The fourth-order valence-electron chi connectivity index (χ4n) is 4.39. The predicted molar refractivity (Wildman–Crippen MR) is 125 cm³/mol. The first-order valence-corrected chi connectivity index (χ1v) is 11.2. The fourth-order valence-corrected chi connectivity index (χ4v) is 4.57. The summed E-state index contributed by atoms with van der Waals surface area (Å²) >= 11 is 6.06. The van der Waals surface area contributed by atoms with E-state index in [1.54, 1.807) is 25.3 Å². The van der Waals surface area contributed by atoms with Crippen LogP contribution in [-0.4, -0.2) is 40.6 Å². The number of imidazole rings is 1. The molecule has 1 amide bonds. The van der Waals surface area contributed by atoms with Crippen LogP contribution in [0.2, 0.25) is 5.02 Å². The number of nitrogens with one attached hydrogen (secondary N) is 1. The molecule has 2 heterocycles. The standard InChI is InChI=1S/C24H29ClN4O2/c1-28-21-8-4-3-7-19(21)26-23(28)16-29-13-5-6-17(15-29)9-12-24(30)27-20-14-18(25)10-11-22(20)31-2/h3-4,7-8,10-11,14,17H,5-6,9,12-13,15-16H2,1-2H3,(H,27,30). The van der Waals surface area contributed by atoms with E-state index in [9.17, 15) is 4.79 Å². The number of rotatable bonds is 7. The Balaban J connectivity index is 1.31. The minimum absolute atomic E-state index is 0.00644. The molecule has 3 aromatic rings. The molecular weight excluding hydrogens is 412 g/mol. The number of nitrogens with zero attached hydrogens (tertiary/aromatic N) is 3. The summed E-state index contributed by atoms with van der Waals surface area (Å²) in [6, 6.07) is 13.5. The molecule has 0 aliphatic carbocycles. The molecule has 0 spiro atoms. The van der Waals surface area contributed by atoms with Crippen LogP contribution in [0.5, 0.6) is 5.75 Å². The molecule has 0 saturated carbocycles. The van der Waals surface area contributed by atoms with Crippen LogP contribution in [0.3, 0.4) is 0 Å². The van der Waals surface area contributed by atoms with Crippen molar-refractivity contribution >= 4 is 34.2 Å². The number of para-hydroxylation sites is 2. The van der Waals surface area contributed by atoms with Crippen molar-refractivity contribution in [1.29, 1.82) is 0 Å². The van der Waals surface area contributed by atoms with Crippen molar-refractivity contribution in [2.75, 3.05) is 25.5 Å². The molecule has 0 bridgehead atoms. The SMILES string of the molecule is COc1ccc(Cl)cc1NC(=O)CCC1CCCN(Cc2nc3ccccc3n2C)C1. The van der Waals surface area contributed by atoms with E-state index in [4.69, 9.17) is 21.3 Å². The number of benzene rings is 2. The first-order valence-electron chi connectivity index (χ1n) is 10.8. The second-order valence-electron chi connectivity index (χ2n) is 8.25. The summed E-state index contributed by atoms with van der Waals surface area (Å²) in [5.74, 6) is 2.21. The summed E-state index contributed by atoms with van der Waals surface area (Å²) in [5.41, 5.74) is 2.83. The number of aromatic nitrogens is 2. The number of methoxy groups -OCH3 is 1. The number of halogens is 1. The van der Waals surface area contributed by atoms with Gasteiger partial charge in [0.05, 0.1) is 30.4 Å². The van der Waals surface area contributed by atoms with Crippen LogP contribution >= 0.6 is 11.6 Å². The minimum atomic E-state index is -0.00644. The molecular formula is C24H29ClN4O2. The van der Waals surface area contributed by atoms with Crippen molar-refractivity contribution in [2.24, 2.45) is 13.0 Å². The Labute approximate surface area is 188 Å². The maximum absolute atomic E-state index is 12.5. The van der Waals surface area contributed by atoms with Crippen molar-refractivity contribution in [3.63, 3.8) is 0 Å². The average molecular weight is 441 g/mol. The summed E-state index contributed by atoms with van der Waals surface area (Å²) in [5, 5.41) is 3.51. The maximum atomic E-state index is 12.5. The molecule has 1 aliphatic rings. The number of fused-ring (bicyclic) bond motifs is 1. The summed E-state index contributed by atoms with van der Waals surface area (Å²) in [4.78, 5) is 19.8. The summed E-state index contributed by atoms with van der Waals surface area (Å²) in [6.07, 6.45) is 3.67. The fraction of sp³-hybridized carbons (Fsp3) is 0.417.